The molecule has 0 aliphatic rings. The lowest BCUT2D eigenvalue weighted by Gasteiger charge is -2.24. The largest absolute Gasteiger partial charge is 0.497 e. The number of nitrogens with one attached hydrogen (secondary N) is 1. The van der Waals surface area contributed by atoms with E-state index in [1.54, 1.807) is 42.6 Å². The summed E-state index contributed by atoms with van der Waals surface area (Å²) in [5.41, 5.74) is 1.29. The molecule has 0 amide bonds. The minimum absolute atomic E-state index is 0.0191. The third-order valence-electron chi connectivity index (χ3n) is 5.75. The van der Waals surface area contributed by atoms with Gasteiger partial charge in [0.2, 0.25) is 0 Å². The van der Waals surface area contributed by atoms with E-state index in [1.165, 1.54) is 32.5 Å². The van der Waals surface area contributed by atoms with Crippen molar-refractivity contribution in [3.8, 4) is 11.5 Å². The number of methoxy groups -OCH3 is 2. The maximum atomic E-state index is 15.4. The van der Waals surface area contributed by atoms with Crippen LogP contribution in [0.3, 0.4) is 0 Å². The first-order valence-corrected chi connectivity index (χ1v) is 14.0. The first-order valence-electron chi connectivity index (χ1n) is 11.3. The van der Waals surface area contributed by atoms with Crippen LogP contribution in [-0.4, -0.2) is 27.6 Å². The van der Waals surface area contributed by atoms with Crippen LogP contribution in [0.5, 0.6) is 11.5 Å². The van der Waals surface area contributed by atoms with Gasteiger partial charge >= 0.3 is 0 Å². The average molecular weight is 580 g/mol. The third kappa shape index (κ3) is 5.85. The van der Waals surface area contributed by atoms with Crippen LogP contribution in [-0.2, 0) is 16.6 Å². The quantitative estimate of drug-likeness (QED) is 0.226. The summed E-state index contributed by atoms with van der Waals surface area (Å²) in [4.78, 5) is 3.53. The number of halogens is 3. The van der Waals surface area contributed by atoms with E-state index in [-0.39, 0.29) is 22.4 Å². The lowest BCUT2D eigenvalue weighted by atomic mass is 10.1. The average Bonchev–Trinajstić information content (AvgIpc) is 3.43. The Hall–Kier alpha value is -3.41. The first kappa shape index (κ1) is 27.6. The molecule has 0 saturated heterocycles. The van der Waals surface area contributed by atoms with Gasteiger partial charge < -0.3 is 14.8 Å². The highest BCUT2D eigenvalue weighted by atomic mass is 35.5. The molecule has 0 fully saturated rings. The van der Waals surface area contributed by atoms with Crippen molar-refractivity contribution in [1.29, 1.82) is 0 Å². The molecule has 38 heavy (non-hydrogen) atoms. The number of thiazole rings is 1. The highest BCUT2D eigenvalue weighted by molar-refractivity contribution is 7.93. The maximum absolute atomic E-state index is 15.4. The van der Waals surface area contributed by atoms with Gasteiger partial charge in [-0.05, 0) is 48.9 Å². The number of nitrogens with zero attached hydrogens (tertiary/aromatic N) is 2. The third-order valence-corrected chi connectivity index (χ3v) is 8.72. The first-order chi connectivity index (χ1) is 18.1. The Morgan fingerprint density at radius 2 is 1.89 bits per heavy atom. The minimum atomic E-state index is -4.46. The number of benzene rings is 3. The SMILES string of the molecule is COc1ccc(CN(c2nccs2)S(=O)(=O)c2cc(Cl)c(NC(C)c3cccc(F)c3)cc2F)c(OC)c1. The van der Waals surface area contributed by atoms with Crippen molar-refractivity contribution in [3.05, 3.63) is 94.0 Å². The molecule has 0 saturated carbocycles. The fourth-order valence-electron chi connectivity index (χ4n) is 3.78. The van der Waals surface area contributed by atoms with Gasteiger partial charge in [-0.1, -0.05) is 23.7 Å². The molecule has 0 radical (unpaired) electrons. The lowest BCUT2D eigenvalue weighted by Crippen LogP contribution is -2.31. The minimum Gasteiger partial charge on any atom is -0.497 e. The summed E-state index contributed by atoms with van der Waals surface area (Å²) in [6.45, 7) is 1.57. The zero-order valence-corrected chi connectivity index (χ0v) is 23.0. The fraction of sp³-hybridized carbons (Fsp3) is 0.192. The summed E-state index contributed by atoms with van der Waals surface area (Å²) >= 11 is 7.49. The number of hydrogen-bond acceptors (Lipinski definition) is 7. The number of ether oxygens (including phenoxy) is 2. The van der Waals surface area contributed by atoms with E-state index in [9.17, 15) is 12.8 Å². The zero-order valence-electron chi connectivity index (χ0n) is 20.6. The van der Waals surface area contributed by atoms with Crippen molar-refractivity contribution in [3.63, 3.8) is 0 Å². The Kier molecular flexibility index (Phi) is 8.39. The van der Waals surface area contributed by atoms with Gasteiger partial charge in [-0.2, -0.15) is 0 Å². The van der Waals surface area contributed by atoms with Crippen LogP contribution in [0.1, 0.15) is 24.1 Å². The molecule has 0 aliphatic carbocycles. The second-order valence-electron chi connectivity index (χ2n) is 8.19. The van der Waals surface area contributed by atoms with E-state index in [0.29, 0.717) is 22.6 Å². The van der Waals surface area contributed by atoms with Gasteiger partial charge in [0.05, 0.1) is 31.5 Å². The van der Waals surface area contributed by atoms with Crippen molar-refractivity contribution >= 4 is 43.8 Å². The van der Waals surface area contributed by atoms with Crippen molar-refractivity contribution in [2.75, 3.05) is 23.8 Å². The van der Waals surface area contributed by atoms with Gasteiger partial charge in [-0.25, -0.2) is 26.5 Å². The van der Waals surface area contributed by atoms with E-state index in [2.05, 4.69) is 10.3 Å². The molecular formula is C26H24ClF2N3O4S2. The van der Waals surface area contributed by atoms with E-state index in [0.717, 1.165) is 27.8 Å². The Bertz CT molecular complexity index is 1540. The molecule has 1 heterocycles. The topological polar surface area (TPSA) is 80.8 Å². The molecule has 1 N–H and O–H groups in total. The Morgan fingerprint density at radius 3 is 2.55 bits per heavy atom. The summed E-state index contributed by atoms with van der Waals surface area (Å²) in [5, 5.41) is 4.75. The van der Waals surface area contributed by atoms with E-state index in [1.807, 2.05) is 0 Å². The van der Waals surface area contributed by atoms with Gasteiger partial charge in [0.15, 0.2) is 5.13 Å². The van der Waals surface area contributed by atoms with E-state index in [4.69, 9.17) is 21.1 Å². The molecule has 0 spiro atoms. The molecule has 12 heteroatoms. The Morgan fingerprint density at radius 1 is 1.11 bits per heavy atom. The zero-order chi connectivity index (χ0) is 27.4. The van der Waals surface area contributed by atoms with Crippen molar-refractivity contribution in [2.45, 2.75) is 24.4 Å². The van der Waals surface area contributed by atoms with Crippen LogP contribution in [0, 0.1) is 11.6 Å². The molecule has 4 aromatic rings. The molecule has 3 aromatic carbocycles. The van der Waals surface area contributed by atoms with E-state index >= 15 is 4.39 Å². The van der Waals surface area contributed by atoms with Crippen molar-refractivity contribution in [1.82, 2.24) is 4.98 Å². The van der Waals surface area contributed by atoms with Gasteiger partial charge in [0.25, 0.3) is 10.0 Å². The lowest BCUT2D eigenvalue weighted by molar-refractivity contribution is 0.391. The van der Waals surface area contributed by atoms with Gasteiger partial charge in [0, 0.05) is 29.2 Å². The standard InChI is InChI=1S/C26H24ClF2N3O4S2/c1-16(17-5-4-6-19(28)11-17)31-23-14-22(29)25(13-21(23)27)38(33,34)32(26-30-9-10-37-26)15-18-7-8-20(35-2)12-24(18)36-3/h4-14,16,31H,15H2,1-3H3. The molecule has 1 atom stereocenters. The van der Waals surface area contributed by atoms with Gasteiger partial charge in [-0.15, -0.1) is 11.3 Å². The summed E-state index contributed by atoms with van der Waals surface area (Å²) in [5.74, 6) is -0.495. The predicted octanol–water partition coefficient (Wildman–Crippen LogP) is 6.66. The molecule has 200 valence electrons. The normalized spacial score (nSPS) is 12.2. The fourth-order valence-corrected chi connectivity index (χ4v) is 6.40. The molecule has 0 bridgehead atoms. The second kappa shape index (κ2) is 11.5. The molecule has 0 aliphatic heterocycles. The van der Waals surface area contributed by atoms with Crippen LogP contribution in [0.25, 0.3) is 0 Å². The predicted molar refractivity (Wildman–Crippen MR) is 145 cm³/mol. The summed E-state index contributed by atoms with van der Waals surface area (Å²) in [6, 6.07) is 12.5. The Labute approximate surface area is 228 Å². The second-order valence-corrected chi connectivity index (χ2v) is 11.3. The monoisotopic (exact) mass is 579 g/mol. The molecular weight excluding hydrogens is 556 g/mol. The van der Waals surface area contributed by atoms with Gasteiger partial charge in [0.1, 0.15) is 28.0 Å². The van der Waals surface area contributed by atoms with Crippen LogP contribution in [0.2, 0.25) is 5.02 Å². The van der Waals surface area contributed by atoms with Crippen molar-refractivity contribution in [2.24, 2.45) is 0 Å². The van der Waals surface area contributed by atoms with Crippen LogP contribution < -0.4 is 19.1 Å². The molecule has 1 unspecified atom stereocenters. The van der Waals surface area contributed by atoms with Crippen molar-refractivity contribution < 1.29 is 26.7 Å². The number of hydrogen-bond donors (Lipinski definition) is 1. The smallest absolute Gasteiger partial charge is 0.269 e. The number of aromatic nitrogens is 1. The molecule has 7 nitrogen and oxygen atoms in total. The number of sulfonamides is 1. The highest BCUT2D eigenvalue weighted by Gasteiger charge is 2.32. The number of rotatable bonds is 10. The van der Waals surface area contributed by atoms with Crippen LogP contribution >= 0.6 is 22.9 Å². The van der Waals surface area contributed by atoms with Gasteiger partial charge in [-0.3, -0.25) is 0 Å². The van der Waals surface area contributed by atoms with E-state index < -0.39 is 32.6 Å². The summed E-state index contributed by atoms with van der Waals surface area (Å²) in [6.07, 6.45) is 1.46. The molecule has 1 aromatic heterocycles. The summed E-state index contributed by atoms with van der Waals surface area (Å²) < 4.78 is 68.2. The van der Waals surface area contributed by atoms with Crippen LogP contribution in [0.4, 0.5) is 19.6 Å². The Balaban J connectivity index is 1.70. The summed E-state index contributed by atoms with van der Waals surface area (Å²) in [7, 11) is -1.50. The maximum Gasteiger partial charge on any atom is 0.269 e. The molecule has 4 rings (SSSR count). The van der Waals surface area contributed by atoms with Crippen LogP contribution in [0.15, 0.2) is 71.1 Å². The highest BCUT2D eigenvalue weighted by Crippen LogP contribution is 2.36. The number of anilines is 2.